The van der Waals surface area contributed by atoms with E-state index >= 15 is 0 Å². The molecular weight excluding hydrogens is 404 g/mol. The van der Waals surface area contributed by atoms with E-state index < -0.39 is 6.04 Å². The van der Waals surface area contributed by atoms with Crippen LogP contribution in [0.2, 0.25) is 5.02 Å². The molecule has 25 heavy (non-hydrogen) atoms. The lowest BCUT2D eigenvalue weighted by Gasteiger charge is -2.22. The summed E-state index contributed by atoms with van der Waals surface area (Å²) in [6.45, 7) is 5.65. The fourth-order valence-corrected chi connectivity index (χ4v) is 2.94. The Hall–Kier alpha value is -1.85. The number of hydrogen-bond donors (Lipinski definition) is 2. The minimum Gasteiger partial charge on any atom is -0.340 e. The third kappa shape index (κ3) is 5.06. The average Bonchev–Trinajstić information content (AvgIpc) is 2.55. The van der Waals surface area contributed by atoms with Crippen molar-refractivity contribution in [2.75, 3.05) is 5.32 Å². The van der Waals surface area contributed by atoms with E-state index in [4.69, 9.17) is 11.6 Å². The van der Waals surface area contributed by atoms with Crippen LogP contribution in [0.1, 0.15) is 29.8 Å². The zero-order valence-corrected chi connectivity index (χ0v) is 16.6. The molecule has 0 aliphatic rings. The Morgan fingerprint density at radius 1 is 1.12 bits per heavy atom. The lowest BCUT2D eigenvalue weighted by atomic mass is 10.0. The van der Waals surface area contributed by atoms with Gasteiger partial charge in [0, 0.05) is 15.2 Å². The fraction of sp³-hybridized carbons (Fsp3) is 0.263. The van der Waals surface area contributed by atoms with Gasteiger partial charge in [-0.05, 0) is 58.6 Å². The molecule has 0 bridgehead atoms. The van der Waals surface area contributed by atoms with E-state index in [1.807, 2.05) is 32.9 Å². The van der Waals surface area contributed by atoms with Crippen LogP contribution in [0.15, 0.2) is 46.9 Å². The molecule has 0 saturated heterocycles. The van der Waals surface area contributed by atoms with E-state index in [1.165, 1.54) is 0 Å². The van der Waals surface area contributed by atoms with Crippen LogP contribution in [0.4, 0.5) is 5.69 Å². The number of rotatable bonds is 5. The molecular formula is C19H20BrClN2O2. The first-order valence-corrected chi connectivity index (χ1v) is 9.09. The summed E-state index contributed by atoms with van der Waals surface area (Å²) in [5, 5.41) is 6.20. The van der Waals surface area contributed by atoms with Crippen molar-refractivity contribution in [1.82, 2.24) is 5.32 Å². The summed E-state index contributed by atoms with van der Waals surface area (Å²) in [4.78, 5) is 25.1. The van der Waals surface area contributed by atoms with Gasteiger partial charge in [0.1, 0.15) is 6.04 Å². The van der Waals surface area contributed by atoms with Gasteiger partial charge in [0.2, 0.25) is 5.91 Å². The number of carbonyl (C=O) groups is 2. The Kier molecular flexibility index (Phi) is 6.62. The number of anilines is 1. The summed E-state index contributed by atoms with van der Waals surface area (Å²) < 4.78 is 0.681. The Morgan fingerprint density at radius 3 is 2.40 bits per heavy atom. The molecule has 4 nitrogen and oxygen atoms in total. The van der Waals surface area contributed by atoms with Crippen molar-refractivity contribution >= 4 is 45.0 Å². The maximum atomic E-state index is 12.6. The molecule has 2 rings (SSSR count). The van der Waals surface area contributed by atoms with Gasteiger partial charge in [-0.1, -0.05) is 43.6 Å². The molecule has 0 heterocycles. The Balaban J connectivity index is 2.14. The number of halogens is 2. The number of aryl methyl sites for hydroxylation is 1. The van der Waals surface area contributed by atoms with Crippen LogP contribution in [0.25, 0.3) is 0 Å². The molecule has 2 aromatic rings. The molecule has 0 fully saturated rings. The molecule has 0 spiro atoms. The molecule has 0 radical (unpaired) electrons. The summed E-state index contributed by atoms with van der Waals surface area (Å²) >= 11 is 9.45. The highest BCUT2D eigenvalue weighted by atomic mass is 79.9. The van der Waals surface area contributed by atoms with Crippen LogP contribution in [0.5, 0.6) is 0 Å². The van der Waals surface area contributed by atoms with Gasteiger partial charge in [-0.2, -0.15) is 0 Å². The van der Waals surface area contributed by atoms with Crippen LogP contribution in [-0.2, 0) is 4.79 Å². The predicted octanol–water partition coefficient (Wildman–Crippen LogP) is 4.80. The van der Waals surface area contributed by atoms with Gasteiger partial charge in [-0.25, -0.2) is 0 Å². The zero-order chi connectivity index (χ0) is 18.6. The third-order valence-corrected chi connectivity index (χ3v) is 4.89. The number of carbonyl (C=O) groups excluding carboxylic acids is 2. The maximum absolute atomic E-state index is 12.6. The molecule has 0 saturated carbocycles. The largest absolute Gasteiger partial charge is 0.340 e. The summed E-state index contributed by atoms with van der Waals surface area (Å²) in [6, 6.07) is 11.7. The monoisotopic (exact) mass is 422 g/mol. The highest BCUT2D eigenvalue weighted by molar-refractivity contribution is 9.10. The molecule has 1 atom stereocenters. The molecule has 2 amide bonds. The first kappa shape index (κ1) is 19.5. The Morgan fingerprint density at radius 2 is 1.80 bits per heavy atom. The van der Waals surface area contributed by atoms with E-state index in [0.29, 0.717) is 20.7 Å². The number of hydrogen-bond acceptors (Lipinski definition) is 2. The second kappa shape index (κ2) is 8.50. The van der Waals surface area contributed by atoms with Crippen molar-refractivity contribution in [3.8, 4) is 0 Å². The molecule has 0 aromatic heterocycles. The van der Waals surface area contributed by atoms with E-state index in [0.717, 1.165) is 5.56 Å². The van der Waals surface area contributed by atoms with Crippen LogP contribution in [0, 0.1) is 12.8 Å². The molecule has 2 aromatic carbocycles. The van der Waals surface area contributed by atoms with E-state index in [9.17, 15) is 9.59 Å². The second-order valence-corrected chi connectivity index (χ2v) is 7.39. The van der Waals surface area contributed by atoms with Crippen molar-refractivity contribution in [2.24, 2.45) is 5.92 Å². The summed E-state index contributed by atoms with van der Waals surface area (Å²) in [7, 11) is 0. The topological polar surface area (TPSA) is 58.2 Å². The van der Waals surface area contributed by atoms with Gasteiger partial charge in [0.15, 0.2) is 0 Å². The summed E-state index contributed by atoms with van der Waals surface area (Å²) in [5.41, 5.74) is 2.02. The lowest BCUT2D eigenvalue weighted by Crippen LogP contribution is -2.47. The molecule has 6 heteroatoms. The van der Waals surface area contributed by atoms with Gasteiger partial charge in [-0.3, -0.25) is 9.59 Å². The summed E-state index contributed by atoms with van der Waals surface area (Å²) in [6.07, 6.45) is 0. The Bertz CT molecular complexity index is 793. The quantitative estimate of drug-likeness (QED) is 0.725. The van der Waals surface area contributed by atoms with E-state index in [-0.39, 0.29) is 17.7 Å². The van der Waals surface area contributed by atoms with Crippen molar-refractivity contribution in [2.45, 2.75) is 26.8 Å². The molecule has 0 aliphatic carbocycles. The van der Waals surface area contributed by atoms with E-state index in [1.54, 1.807) is 30.3 Å². The van der Waals surface area contributed by atoms with Crippen molar-refractivity contribution in [3.63, 3.8) is 0 Å². The van der Waals surface area contributed by atoms with Gasteiger partial charge in [0.05, 0.1) is 5.56 Å². The van der Waals surface area contributed by atoms with Gasteiger partial charge in [0.25, 0.3) is 5.91 Å². The lowest BCUT2D eigenvalue weighted by molar-refractivity contribution is -0.118. The molecule has 0 aliphatic heterocycles. The van der Waals surface area contributed by atoms with Crippen molar-refractivity contribution in [3.05, 3.63) is 63.1 Å². The smallest absolute Gasteiger partial charge is 0.253 e. The van der Waals surface area contributed by atoms with Crippen LogP contribution in [-0.4, -0.2) is 17.9 Å². The van der Waals surface area contributed by atoms with Gasteiger partial charge in [-0.15, -0.1) is 0 Å². The maximum Gasteiger partial charge on any atom is 0.253 e. The minimum atomic E-state index is -0.667. The van der Waals surface area contributed by atoms with Crippen molar-refractivity contribution < 1.29 is 9.59 Å². The first-order chi connectivity index (χ1) is 11.8. The highest BCUT2D eigenvalue weighted by Gasteiger charge is 2.25. The third-order valence-electron chi connectivity index (χ3n) is 3.79. The second-order valence-electron chi connectivity index (χ2n) is 6.13. The standard InChI is InChI=1S/C19H20BrClN2O2/c1-11(2)17(23-18(24)14-6-4-5-7-15(14)20)19(25)22-13-9-8-12(3)16(21)10-13/h4-11,17H,1-3H3,(H,22,25)(H,23,24). The average molecular weight is 424 g/mol. The molecule has 132 valence electrons. The van der Waals surface area contributed by atoms with Crippen LogP contribution in [0.3, 0.4) is 0 Å². The fourth-order valence-electron chi connectivity index (χ4n) is 2.29. The Labute approximate surface area is 161 Å². The van der Waals surface area contributed by atoms with Crippen LogP contribution >= 0.6 is 27.5 Å². The SMILES string of the molecule is Cc1ccc(NC(=O)C(NC(=O)c2ccccc2Br)C(C)C)cc1Cl. The molecule has 1 unspecified atom stereocenters. The minimum absolute atomic E-state index is 0.0765. The number of nitrogens with one attached hydrogen (secondary N) is 2. The highest BCUT2D eigenvalue weighted by Crippen LogP contribution is 2.21. The van der Waals surface area contributed by atoms with E-state index in [2.05, 4.69) is 26.6 Å². The van der Waals surface area contributed by atoms with Gasteiger partial charge >= 0.3 is 0 Å². The zero-order valence-electron chi connectivity index (χ0n) is 14.3. The van der Waals surface area contributed by atoms with Gasteiger partial charge < -0.3 is 10.6 Å². The number of benzene rings is 2. The molecule has 2 N–H and O–H groups in total. The normalized spacial score (nSPS) is 11.9. The first-order valence-electron chi connectivity index (χ1n) is 7.92. The number of amides is 2. The summed E-state index contributed by atoms with van der Waals surface area (Å²) in [5.74, 6) is -0.661. The predicted molar refractivity (Wildman–Crippen MR) is 105 cm³/mol. The van der Waals surface area contributed by atoms with Crippen molar-refractivity contribution in [1.29, 1.82) is 0 Å². The van der Waals surface area contributed by atoms with Crippen LogP contribution < -0.4 is 10.6 Å².